The van der Waals surface area contributed by atoms with Gasteiger partial charge in [0.25, 0.3) is 0 Å². The predicted octanol–water partition coefficient (Wildman–Crippen LogP) is 2.62. The molecule has 1 N–H and O–H groups in total. The summed E-state index contributed by atoms with van der Waals surface area (Å²) in [4.78, 5) is 13.3. The lowest BCUT2D eigenvalue weighted by Gasteiger charge is -2.25. The average Bonchev–Trinajstić information content (AvgIpc) is 2.01. The molecule has 0 aromatic heterocycles. The van der Waals surface area contributed by atoms with Crippen molar-refractivity contribution in [2.24, 2.45) is 0 Å². The van der Waals surface area contributed by atoms with Crippen LogP contribution in [0, 0.1) is 0 Å². The van der Waals surface area contributed by atoms with Gasteiger partial charge in [-0.25, -0.2) is 4.79 Å². The highest BCUT2D eigenvalue weighted by Crippen LogP contribution is 2.01. The SMILES string of the molecule is CCCCCN(C)C(=O)NC(C)(C)C. The molecule has 0 aliphatic rings. The van der Waals surface area contributed by atoms with E-state index in [1.165, 1.54) is 12.8 Å². The van der Waals surface area contributed by atoms with E-state index < -0.39 is 0 Å². The molecule has 0 saturated carbocycles. The van der Waals surface area contributed by atoms with E-state index in [9.17, 15) is 4.79 Å². The number of rotatable bonds is 4. The molecule has 0 radical (unpaired) electrons. The Labute approximate surface area is 87.9 Å². The van der Waals surface area contributed by atoms with E-state index in [-0.39, 0.29) is 11.6 Å². The Morgan fingerprint density at radius 3 is 2.29 bits per heavy atom. The number of nitrogens with one attached hydrogen (secondary N) is 1. The van der Waals surface area contributed by atoms with Gasteiger partial charge in [-0.15, -0.1) is 0 Å². The number of unbranched alkanes of at least 4 members (excludes halogenated alkanes) is 2. The van der Waals surface area contributed by atoms with Crippen LogP contribution in [0.3, 0.4) is 0 Å². The molecule has 0 aliphatic carbocycles. The van der Waals surface area contributed by atoms with Crippen LogP contribution in [-0.4, -0.2) is 30.1 Å². The van der Waals surface area contributed by atoms with Gasteiger partial charge in [0.15, 0.2) is 0 Å². The van der Waals surface area contributed by atoms with E-state index in [1.54, 1.807) is 4.90 Å². The number of hydrogen-bond donors (Lipinski definition) is 1. The second-order valence-corrected chi connectivity index (χ2v) is 4.81. The minimum Gasteiger partial charge on any atom is -0.333 e. The maximum atomic E-state index is 11.6. The molecular formula is C11H24N2O. The zero-order chi connectivity index (χ0) is 11.2. The first-order valence-electron chi connectivity index (χ1n) is 5.40. The summed E-state index contributed by atoms with van der Waals surface area (Å²) in [6.07, 6.45) is 3.46. The molecule has 0 unspecified atom stereocenters. The van der Waals surface area contributed by atoms with Gasteiger partial charge in [0, 0.05) is 19.1 Å². The van der Waals surface area contributed by atoms with Gasteiger partial charge in [-0.1, -0.05) is 19.8 Å². The van der Waals surface area contributed by atoms with Crippen molar-refractivity contribution in [3.8, 4) is 0 Å². The van der Waals surface area contributed by atoms with Crippen LogP contribution >= 0.6 is 0 Å². The molecule has 0 aromatic carbocycles. The number of hydrogen-bond acceptors (Lipinski definition) is 1. The van der Waals surface area contributed by atoms with Gasteiger partial charge in [-0.05, 0) is 27.2 Å². The molecule has 0 spiro atoms. The van der Waals surface area contributed by atoms with Gasteiger partial charge in [0.05, 0.1) is 0 Å². The minimum atomic E-state index is -0.143. The number of urea groups is 1. The number of nitrogens with zero attached hydrogens (tertiary/aromatic N) is 1. The van der Waals surface area contributed by atoms with Crippen LogP contribution in [0.2, 0.25) is 0 Å². The monoisotopic (exact) mass is 200 g/mol. The number of amides is 2. The highest BCUT2D eigenvalue weighted by atomic mass is 16.2. The first kappa shape index (κ1) is 13.3. The van der Waals surface area contributed by atoms with Crippen molar-refractivity contribution in [1.29, 1.82) is 0 Å². The molecule has 84 valence electrons. The zero-order valence-electron chi connectivity index (χ0n) is 10.2. The molecule has 3 nitrogen and oxygen atoms in total. The summed E-state index contributed by atoms with van der Waals surface area (Å²) in [6.45, 7) is 8.98. The van der Waals surface area contributed by atoms with E-state index in [0.717, 1.165) is 13.0 Å². The molecule has 0 bridgehead atoms. The molecule has 0 aromatic rings. The summed E-state index contributed by atoms with van der Waals surface area (Å²) < 4.78 is 0. The van der Waals surface area contributed by atoms with Crippen molar-refractivity contribution in [2.45, 2.75) is 52.5 Å². The van der Waals surface area contributed by atoms with Gasteiger partial charge in [0.1, 0.15) is 0 Å². The van der Waals surface area contributed by atoms with E-state index in [1.807, 2.05) is 27.8 Å². The molecule has 0 atom stereocenters. The van der Waals surface area contributed by atoms with E-state index in [2.05, 4.69) is 12.2 Å². The highest BCUT2D eigenvalue weighted by molar-refractivity contribution is 5.74. The van der Waals surface area contributed by atoms with E-state index in [4.69, 9.17) is 0 Å². The fourth-order valence-corrected chi connectivity index (χ4v) is 1.12. The van der Waals surface area contributed by atoms with Gasteiger partial charge < -0.3 is 10.2 Å². The van der Waals surface area contributed by atoms with E-state index in [0.29, 0.717) is 0 Å². The standard InChI is InChI=1S/C11H24N2O/c1-6-7-8-9-13(5)10(14)12-11(2,3)4/h6-9H2,1-5H3,(H,12,14). The third-order valence-electron chi connectivity index (χ3n) is 1.93. The largest absolute Gasteiger partial charge is 0.333 e. The molecule has 0 aliphatic heterocycles. The molecule has 0 saturated heterocycles. The fourth-order valence-electron chi connectivity index (χ4n) is 1.12. The van der Waals surface area contributed by atoms with Crippen molar-refractivity contribution in [1.82, 2.24) is 10.2 Å². The number of carbonyl (C=O) groups is 1. The van der Waals surface area contributed by atoms with Crippen LogP contribution in [0.25, 0.3) is 0 Å². The van der Waals surface area contributed by atoms with Crippen LogP contribution in [0.5, 0.6) is 0 Å². The lowest BCUT2D eigenvalue weighted by atomic mass is 10.1. The molecule has 3 heteroatoms. The summed E-state index contributed by atoms with van der Waals surface area (Å²) in [5.74, 6) is 0. The Morgan fingerprint density at radius 2 is 1.86 bits per heavy atom. The third-order valence-corrected chi connectivity index (χ3v) is 1.93. The second kappa shape index (κ2) is 5.89. The highest BCUT2D eigenvalue weighted by Gasteiger charge is 2.16. The van der Waals surface area contributed by atoms with Crippen LogP contribution < -0.4 is 5.32 Å². The van der Waals surface area contributed by atoms with Gasteiger partial charge in [-0.2, -0.15) is 0 Å². The molecule has 0 heterocycles. The third kappa shape index (κ3) is 6.75. The Balaban J connectivity index is 3.77. The van der Waals surface area contributed by atoms with Gasteiger partial charge >= 0.3 is 6.03 Å². The Kier molecular flexibility index (Phi) is 5.58. The fraction of sp³-hybridized carbons (Fsp3) is 0.909. The first-order valence-corrected chi connectivity index (χ1v) is 5.40. The summed E-state index contributed by atoms with van der Waals surface area (Å²) >= 11 is 0. The molecule has 0 fully saturated rings. The first-order chi connectivity index (χ1) is 6.37. The van der Waals surface area contributed by atoms with Gasteiger partial charge in [-0.3, -0.25) is 0 Å². The van der Waals surface area contributed by atoms with E-state index >= 15 is 0 Å². The molecule has 2 amide bonds. The van der Waals surface area contributed by atoms with Crippen LogP contribution in [0.4, 0.5) is 4.79 Å². The Bertz CT molecular complexity index is 173. The zero-order valence-corrected chi connectivity index (χ0v) is 10.2. The quantitative estimate of drug-likeness (QED) is 0.695. The Morgan fingerprint density at radius 1 is 1.29 bits per heavy atom. The molecular weight excluding hydrogens is 176 g/mol. The van der Waals surface area contributed by atoms with Crippen molar-refractivity contribution in [3.63, 3.8) is 0 Å². The lowest BCUT2D eigenvalue weighted by Crippen LogP contribution is -2.47. The normalized spacial score (nSPS) is 11.2. The summed E-state index contributed by atoms with van der Waals surface area (Å²) in [5.41, 5.74) is -0.143. The molecule has 14 heavy (non-hydrogen) atoms. The van der Waals surface area contributed by atoms with Crippen molar-refractivity contribution >= 4 is 6.03 Å². The summed E-state index contributed by atoms with van der Waals surface area (Å²) in [5, 5.41) is 2.93. The average molecular weight is 200 g/mol. The summed E-state index contributed by atoms with van der Waals surface area (Å²) in [7, 11) is 1.84. The van der Waals surface area contributed by atoms with Gasteiger partial charge in [0.2, 0.25) is 0 Å². The van der Waals surface area contributed by atoms with Crippen molar-refractivity contribution in [3.05, 3.63) is 0 Å². The predicted molar refractivity (Wildman–Crippen MR) is 60.4 cm³/mol. The maximum Gasteiger partial charge on any atom is 0.317 e. The van der Waals surface area contributed by atoms with Crippen molar-refractivity contribution in [2.75, 3.05) is 13.6 Å². The maximum absolute atomic E-state index is 11.6. The lowest BCUT2D eigenvalue weighted by molar-refractivity contribution is 0.198. The second-order valence-electron chi connectivity index (χ2n) is 4.81. The Hall–Kier alpha value is -0.730. The minimum absolute atomic E-state index is 0.0219. The van der Waals surface area contributed by atoms with Crippen LogP contribution in [0.15, 0.2) is 0 Å². The van der Waals surface area contributed by atoms with Crippen LogP contribution in [-0.2, 0) is 0 Å². The van der Waals surface area contributed by atoms with Crippen LogP contribution in [0.1, 0.15) is 47.0 Å². The van der Waals surface area contributed by atoms with Crippen molar-refractivity contribution < 1.29 is 4.79 Å². The topological polar surface area (TPSA) is 32.3 Å². The summed E-state index contributed by atoms with van der Waals surface area (Å²) in [6, 6.07) is 0.0219. The number of carbonyl (C=O) groups excluding carboxylic acids is 1. The smallest absolute Gasteiger partial charge is 0.317 e. The molecule has 0 rings (SSSR count).